The van der Waals surface area contributed by atoms with Gasteiger partial charge in [0.2, 0.25) is 0 Å². The molecule has 8 heteroatoms. The average Bonchev–Trinajstić information content (AvgIpc) is 3.11. The number of fused-ring (bicyclic) bond motifs is 1. The van der Waals surface area contributed by atoms with Crippen LogP contribution < -0.4 is 0 Å². The Morgan fingerprint density at radius 3 is 2.96 bits per heavy atom. The van der Waals surface area contributed by atoms with Crippen LogP contribution in [0.4, 0.5) is 0 Å². The zero-order valence-corrected chi connectivity index (χ0v) is 13.8. The second-order valence-corrected chi connectivity index (χ2v) is 6.05. The van der Waals surface area contributed by atoms with Gasteiger partial charge in [-0.2, -0.15) is 10.4 Å². The predicted octanol–water partition coefficient (Wildman–Crippen LogP) is 1.88. The summed E-state index contributed by atoms with van der Waals surface area (Å²) in [5, 5.41) is 23.5. The number of nitriles is 1. The number of carboxylic acid groups (broad SMARTS) is 1. The fourth-order valence-electron chi connectivity index (χ4n) is 2.53. The summed E-state index contributed by atoms with van der Waals surface area (Å²) in [6.07, 6.45) is 2.06. The average molecular weight is 333 g/mol. The van der Waals surface area contributed by atoms with Gasteiger partial charge in [-0.15, -0.1) is 11.3 Å². The number of aromatic nitrogens is 3. The van der Waals surface area contributed by atoms with E-state index in [0.29, 0.717) is 5.69 Å². The minimum absolute atomic E-state index is 0.250. The molecule has 1 aliphatic heterocycles. The maximum Gasteiger partial charge on any atom is 0.290 e. The Morgan fingerprint density at radius 1 is 1.52 bits per heavy atom. The molecule has 1 aliphatic rings. The van der Waals surface area contributed by atoms with Crippen molar-refractivity contribution in [1.82, 2.24) is 19.7 Å². The van der Waals surface area contributed by atoms with Gasteiger partial charge >= 0.3 is 0 Å². The quantitative estimate of drug-likeness (QED) is 0.862. The molecular weight excluding hydrogens is 314 g/mol. The van der Waals surface area contributed by atoms with E-state index in [4.69, 9.17) is 15.2 Å². The summed E-state index contributed by atoms with van der Waals surface area (Å²) in [4.78, 5) is 15.4. The van der Waals surface area contributed by atoms with Crippen LogP contribution in [0.2, 0.25) is 0 Å². The van der Waals surface area contributed by atoms with Crippen LogP contribution in [0.3, 0.4) is 0 Å². The van der Waals surface area contributed by atoms with Crippen molar-refractivity contribution in [2.45, 2.75) is 39.4 Å². The third-order valence-electron chi connectivity index (χ3n) is 3.50. The molecule has 0 atom stereocenters. The third-order valence-corrected chi connectivity index (χ3v) is 4.54. The molecule has 0 aromatic carbocycles. The Morgan fingerprint density at radius 2 is 2.30 bits per heavy atom. The van der Waals surface area contributed by atoms with E-state index in [1.54, 1.807) is 11.3 Å². The molecule has 122 valence electrons. The molecule has 0 bridgehead atoms. The van der Waals surface area contributed by atoms with Crippen LogP contribution in [-0.4, -0.2) is 37.8 Å². The molecule has 23 heavy (non-hydrogen) atoms. The summed E-state index contributed by atoms with van der Waals surface area (Å²) in [6.45, 7) is 5.54. The first kappa shape index (κ1) is 17.1. The first-order chi connectivity index (χ1) is 11.2. The van der Waals surface area contributed by atoms with Crippen molar-refractivity contribution in [1.29, 1.82) is 5.26 Å². The van der Waals surface area contributed by atoms with Gasteiger partial charge in [0.05, 0.1) is 16.4 Å². The highest BCUT2D eigenvalue weighted by Crippen LogP contribution is 2.17. The van der Waals surface area contributed by atoms with Crippen molar-refractivity contribution in [3.8, 4) is 6.07 Å². The summed E-state index contributed by atoms with van der Waals surface area (Å²) in [7, 11) is 0. The molecule has 2 aromatic heterocycles. The number of thiazole rings is 1. The van der Waals surface area contributed by atoms with Crippen molar-refractivity contribution in [3.63, 3.8) is 0 Å². The van der Waals surface area contributed by atoms with Crippen molar-refractivity contribution in [2.75, 3.05) is 6.54 Å². The molecule has 0 amide bonds. The first-order valence-corrected chi connectivity index (χ1v) is 8.28. The van der Waals surface area contributed by atoms with E-state index >= 15 is 0 Å². The number of nitrogens with zero attached hydrogens (tertiary/aromatic N) is 5. The summed E-state index contributed by atoms with van der Waals surface area (Å²) in [6, 6.07) is 4.02. The Balaban J connectivity index is 0.000000595. The molecule has 0 spiro atoms. The van der Waals surface area contributed by atoms with Gasteiger partial charge in [0.25, 0.3) is 6.47 Å². The van der Waals surface area contributed by atoms with Gasteiger partial charge < -0.3 is 5.11 Å². The zero-order valence-electron chi connectivity index (χ0n) is 13.0. The van der Waals surface area contributed by atoms with Gasteiger partial charge in [-0.3, -0.25) is 14.4 Å². The van der Waals surface area contributed by atoms with E-state index < -0.39 is 0 Å². The van der Waals surface area contributed by atoms with E-state index in [0.717, 1.165) is 50.4 Å². The largest absolute Gasteiger partial charge is 0.483 e. The standard InChI is InChI=1S/C14H17N5S.CH2O2/c1-2-14-16-12(10-20-14)8-18-4-3-5-19-13(9-18)6-11(7-15)17-19;2-1-3/h6,10H,2-5,8-9H2,1H3;1H,(H,2,3). The maximum atomic E-state index is 8.94. The van der Waals surface area contributed by atoms with Crippen LogP contribution in [0.1, 0.15) is 35.4 Å². The van der Waals surface area contributed by atoms with Gasteiger partial charge in [-0.25, -0.2) is 4.98 Å². The molecule has 0 saturated heterocycles. The number of aryl methyl sites for hydroxylation is 2. The number of carbonyl (C=O) groups is 1. The van der Waals surface area contributed by atoms with Gasteiger partial charge in [0.15, 0.2) is 5.69 Å². The van der Waals surface area contributed by atoms with Crippen molar-refractivity contribution >= 4 is 17.8 Å². The van der Waals surface area contributed by atoms with Crippen LogP contribution in [0.5, 0.6) is 0 Å². The molecule has 2 aromatic rings. The van der Waals surface area contributed by atoms with Crippen molar-refractivity contribution in [2.24, 2.45) is 0 Å². The minimum Gasteiger partial charge on any atom is -0.483 e. The molecule has 0 saturated carbocycles. The lowest BCUT2D eigenvalue weighted by molar-refractivity contribution is -0.122. The Labute approximate surface area is 138 Å². The van der Waals surface area contributed by atoms with E-state index in [2.05, 4.69) is 33.4 Å². The molecular formula is C15H19N5O2S. The molecule has 0 aliphatic carbocycles. The normalized spacial score (nSPS) is 14.1. The van der Waals surface area contributed by atoms with Crippen molar-refractivity contribution < 1.29 is 9.90 Å². The molecule has 3 rings (SSSR count). The maximum absolute atomic E-state index is 8.94. The predicted molar refractivity (Wildman–Crippen MR) is 85.9 cm³/mol. The topological polar surface area (TPSA) is 95.0 Å². The van der Waals surface area contributed by atoms with E-state index in [1.165, 1.54) is 5.01 Å². The molecule has 3 heterocycles. The second-order valence-electron chi connectivity index (χ2n) is 5.11. The summed E-state index contributed by atoms with van der Waals surface area (Å²) < 4.78 is 1.97. The van der Waals surface area contributed by atoms with E-state index in [1.807, 2.05) is 10.7 Å². The van der Waals surface area contributed by atoms with E-state index in [9.17, 15) is 0 Å². The highest BCUT2D eigenvalue weighted by Gasteiger charge is 2.17. The highest BCUT2D eigenvalue weighted by molar-refractivity contribution is 7.09. The molecule has 7 nitrogen and oxygen atoms in total. The van der Waals surface area contributed by atoms with Crippen LogP contribution in [0, 0.1) is 11.3 Å². The Kier molecular flexibility index (Phi) is 6.26. The number of hydrogen-bond acceptors (Lipinski definition) is 6. The Hall–Kier alpha value is -2.24. The highest BCUT2D eigenvalue weighted by atomic mass is 32.1. The number of rotatable bonds is 3. The lowest BCUT2D eigenvalue weighted by Crippen LogP contribution is -2.22. The second kappa shape index (κ2) is 8.41. The monoisotopic (exact) mass is 333 g/mol. The summed E-state index contributed by atoms with van der Waals surface area (Å²) in [5.74, 6) is 0. The fraction of sp³-hybridized carbons (Fsp3) is 0.467. The van der Waals surface area contributed by atoms with Gasteiger partial charge in [0.1, 0.15) is 6.07 Å². The minimum atomic E-state index is -0.250. The zero-order chi connectivity index (χ0) is 16.7. The first-order valence-electron chi connectivity index (χ1n) is 7.40. The van der Waals surface area contributed by atoms with Crippen LogP contribution in [0.25, 0.3) is 0 Å². The smallest absolute Gasteiger partial charge is 0.290 e. The van der Waals surface area contributed by atoms with Gasteiger partial charge in [-0.05, 0) is 18.9 Å². The summed E-state index contributed by atoms with van der Waals surface area (Å²) >= 11 is 1.74. The van der Waals surface area contributed by atoms with Crippen molar-refractivity contribution in [3.05, 3.63) is 33.5 Å². The van der Waals surface area contributed by atoms with Crippen LogP contribution >= 0.6 is 11.3 Å². The molecule has 0 fully saturated rings. The molecule has 0 unspecified atom stereocenters. The number of hydrogen-bond donors (Lipinski definition) is 1. The molecule has 1 N–H and O–H groups in total. The molecule has 0 radical (unpaired) electrons. The fourth-order valence-corrected chi connectivity index (χ4v) is 3.27. The lowest BCUT2D eigenvalue weighted by atomic mass is 10.3. The SMILES string of the molecule is CCc1nc(CN2CCCn3nc(C#N)cc3C2)cs1.O=CO. The van der Waals surface area contributed by atoms with Crippen LogP contribution in [-0.2, 0) is 30.8 Å². The van der Waals surface area contributed by atoms with Gasteiger partial charge in [-0.1, -0.05) is 6.92 Å². The summed E-state index contributed by atoms with van der Waals surface area (Å²) in [5.41, 5.74) is 2.80. The Bertz CT molecular complexity index is 688. The van der Waals surface area contributed by atoms with Crippen LogP contribution in [0.15, 0.2) is 11.4 Å². The van der Waals surface area contributed by atoms with Gasteiger partial charge in [0, 0.05) is 31.6 Å². The third kappa shape index (κ3) is 4.61. The lowest BCUT2D eigenvalue weighted by Gasteiger charge is -2.17. The van der Waals surface area contributed by atoms with E-state index in [-0.39, 0.29) is 6.47 Å².